The van der Waals surface area contributed by atoms with Crippen LogP contribution in [0.2, 0.25) is 5.02 Å². The Balaban J connectivity index is 1.94. The second-order valence-electron chi connectivity index (χ2n) is 11.1. The molecule has 1 amide bonds. The smallest absolute Gasteiger partial charge is 0.295 e. The van der Waals surface area contributed by atoms with E-state index in [0.29, 0.717) is 5.02 Å². The summed E-state index contributed by atoms with van der Waals surface area (Å²) in [4.78, 5) is 28.6. The molecule has 0 saturated carbocycles. The predicted octanol–water partition coefficient (Wildman–Crippen LogP) is 7.19. The van der Waals surface area contributed by atoms with Gasteiger partial charge >= 0.3 is 0 Å². The van der Waals surface area contributed by atoms with Gasteiger partial charge in [0, 0.05) is 6.54 Å². The van der Waals surface area contributed by atoms with Gasteiger partial charge in [-0.3, -0.25) is 9.59 Å². The van der Waals surface area contributed by atoms with Crippen molar-refractivity contribution >= 4 is 29.1 Å². The maximum atomic E-state index is 13.6. The van der Waals surface area contributed by atoms with Crippen LogP contribution in [0.1, 0.15) is 65.8 Å². The third-order valence-electron chi connectivity index (χ3n) is 7.12. The highest BCUT2D eigenvalue weighted by Gasteiger charge is 2.46. The molecule has 198 valence electrons. The number of hydrogen-bond acceptors (Lipinski definition) is 4. The molecule has 5 nitrogen and oxygen atoms in total. The molecule has 1 atom stereocenters. The van der Waals surface area contributed by atoms with Crippen LogP contribution in [0.5, 0.6) is 5.75 Å². The average Bonchev–Trinajstić information content (AvgIpc) is 3.10. The summed E-state index contributed by atoms with van der Waals surface area (Å²) in [6.07, 6.45) is 0. The number of aliphatic hydroxyl groups excluding tert-OH is 1. The van der Waals surface area contributed by atoms with E-state index in [0.717, 1.165) is 33.4 Å². The molecule has 1 N–H and O–H groups in total. The van der Waals surface area contributed by atoms with E-state index in [1.807, 2.05) is 63.2 Å². The molecule has 3 aromatic carbocycles. The largest absolute Gasteiger partial charge is 0.507 e. The molecule has 38 heavy (non-hydrogen) atoms. The Hall–Kier alpha value is -3.57. The minimum atomic E-state index is -0.784. The van der Waals surface area contributed by atoms with E-state index in [1.54, 1.807) is 17.0 Å². The number of ketones is 1. The lowest BCUT2D eigenvalue weighted by molar-refractivity contribution is -0.140. The number of benzene rings is 3. The molecular weight excluding hydrogens is 498 g/mol. The Bertz CT molecular complexity index is 1450. The second-order valence-corrected chi connectivity index (χ2v) is 11.5. The third kappa shape index (κ3) is 5.08. The number of rotatable bonds is 5. The summed E-state index contributed by atoms with van der Waals surface area (Å²) in [5.41, 5.74) is 5.90. The summed E-state index contributed by atoms with van der Waals surface area (Å²) in [7, 11) is 1.45. The molecular formula is C32H34ClNO4. The standard InChI is InChI=1S/C32H34ClNO4/c1-18-8-9-20(3)22(14-18)17-34-27(21-10-12-23(13-11-21)32(4,5)6)26(29(36)31(34)37)28(35)24-15-19(2)16-25(33)30(24)38-7/h8-16,27,35H,17H2,1-7H3/b28-26+. The first kappa shape index (κ1) is 27.5. The number of carbonyl (C=O) groups excluding carboxylic acids is 2. The second kappa shape index (κ2) is 10.3. The van der Waals surface area contributed by atoms with Crippen molar-refractivity contribution in [2.45, 2.75) is 59.5 Å². The number of likely N-dealkylation sites (tertiary alicyclic amines) is 1. The zero-order chi connectivity index (χ0) is 27.9. The highest BCUT2D eigenvalue weighted by Crippen LogP contribution is 2.43. The van der Waals surface area contributed by atoms with E-state index < -0.39 is 17.7 Å². The number of carbonyl (C=O) groups is 2. The summed E-state index contributed by atoms with van der Waals surface area (Å²) in [5, 5.41) is 11.9. The molecule has 4 rings (SSSR count). The molecule has 6 heteroatoms. The first-order valence-corrected chi connectivity index (χ1v) is 13.0. The number of ether oxygens (including phenoxy) is 1. The number of nitrogens with zero attached hydrogens (tertiary/aromatic N) is 1. The zero-order valence-electron chi connectivity index (χ0n) is 23.0. The van der Waals surface area contributed by atoms with Crippen molar-refractivity contribution < 1.29 is 19.4 Å². The monoisotopic (exact) mass is 531 g/mol. The molecule has 1 heterocycles. The first-order chi connectivity index (χ1) is 17.8. The highest BCUT2D eigenvalue weighted by molar-refractivity contribution is 6.46. The molecule has 1 aliphatic heterocycles. The van der Waals surface area contributed by atoms with Crippen LogP contribution in [0.3, 0.4) is 0 Å². The molecule has 0 aromatic heterocycles. The molecule has 1 aliphatic rings. The third-order valence-corrected chi connectivity index (χ3v) is 7.41. The summed E-state index contributed by atoms with van der Waals surface area (Å²) in [5.74, 6) is -1.45. The van der Waals surface area contributed by atoms with Crippen molar-refractivity contribution in [1.29, 1.82) is 0 Å². The Morgan fingerprint density at radius 3 is 2.24 bits per heavy atom. The fourth-order valence-corrected chi connectivity index (χ4v) is 5.32. The summed E-state index contributed by atoms with van der Waals surface area (Å²) in [6.45, 7) is 12.4. The fourth-order valence-electron chi connectivity index (χ4n) is 4.97. The van der Waals surface area contributed by atoms with Crippen LogP contribution in [-0.4, -0.2) is 28.8 Å². The van der Waals surface area contributed by atoms with Gasteiger partial charge in [-0.25, -0.2) is 0 Å². The maximum Gasteiger partial charge on any atom is 0.295 e. The van der Waals surface area contributed by atoms with Gasteiger partial charge in [0.2, 0.25) is 0 Å². The minimum absolute atomic E-state index is 0.0174. The number of Topliss-reactive ketones (excluding diaryl/α,β-unsaturated/α-hetero) is 1. The topological polar surface area (TPSA) is 66.8 Å². The average molecular weight is 532 g/mol. The lowest BCUT2D eigenvalue weighted by Gasteiger charge is -2.27. The van der Waals surface area contributed by atoms with E-state index in [1.165, 1.54) is 7.11 Å². The molecule has 1 saturated heterocycles. The summed E-state index contributed by atoms with van der Waals surface area (Å²) >= 11 is 6.41. The van der Waals surface area contributed by atoms with Gasteiger partial charge in [0.25, 0.3) is 11.7 Å². The molecule has 1 fully saturated rings. The Morgan fingerprint density at radius 1 is 0.974 bits per heavy atom. The Kier molecular flexibility index (Phi) is 7.44. The van der Waals surface area contributed by atoms with Crippen LogP contribution in [0.15, 0.2) is 60.2 Å². The molecule has 1 unspecified atom stereocenters. The van der Waals surface area contributed by atoms with Crippen molar-refractivity contribution in [3.8, 4) is 5.75 Å². The number of halogens is 1. The molecule has 0 spiro atoms. The van der Waals surface area contributed by atoms with Crippen molar-refractivity contribution in [2.24, 2.45) is 0 Å². The lowest BCUT2D eigenvalue weighted by atomic mass is 9.85. The maximum absolute atomic E-state index is 13.6. The van der Waals surface area contributed by atoms with Gasteiger partial charge in [0.05, 0.1) is 29.3 Å². The first-order valence-electron chi connectivity index (χ1n) is 12.6. The molecule has 3 aromatic rings. The van der Waals surface area contributed by atoms with Gasteiger partial charge in [-0.05, 0) is 66.1 Å². The van der Waals surface area contributed by atoms with Gasteiger partial charge in [-0.15, -0.1) is 0 Å². The van der Waals surface area contributed by atoms with E-state index >= 15 is 0 Å². The van der Waals surface area contributed by atoms with E-state index in [-0.39, 0.29) is 34.6 Å². The molecule has 0 bridgehead atoms. The molecule has 0 radical (unpaired) electrons. The van der Waals surface area contributed by atoms with Crippen molar-refractivity contribution in [3.05, 3.63) is 104 Å². The van der Waals surface area contributed by atoms with E-state index in [4.69, 9.17) is 16.3 Å². The number of hydrogen-bond donors (Lipinski definition) is 1. The predicted molar refractivity (Wildman–Crippen MR) is 152 cm³/mol. The Morgan fingerprint density at radius 2 is 1.63 bits per heavy atom. The van der Waals surface area contributed by atoms with Crippen LogP contribution < -0.4 is 4.74 Å². The normalized spacial score (nSPS) is 17.3. The summed E-state index contributed by atoms with van der Waals surface area (Å²) < 4.78 is 5.48. The Labute approximate surface area is 229 Å². The van der Waals surface area contributed by atoms with Crippen LogP contribution in [0, 0.1) is 20.8 Å². The minimum Gasteiger partial charge on any atom is -0.507 e. The van der Waals surface area contributed by atoms with E-state index in [2.05, 4.69) is 20.8 Å². The van der Waals surface area contributed by atoms with Gasteiger partial charge < -0.3 is 14.7 Å². The van der Waals surface area contributed by atoms with Gasteiger partial charge in [-0.1, -0.05) is 80.4 Å². The number of amides is 1. The zero-order valence-corrected chi connectivity index (χ0v) is 23.7. The fraction of sp³-hybridized carbons (Fsp3) is 0.312. The number of methoxy groups -OCH3 is 1. The van der Waals surface area contributed by atoms with Crippen molar-refractivity contribution in [2.75, 3.05) is 7.11 Å². The van der Waals surface area contributed by atoms with E-state index in [9.17, 15) is 14.7 Å². The van der Waals surface area contributed by atoms with Crippen LogP contribution in [0.25, 0.3) is 5.76 Å². The number of aryl methyl sites for hydroxylation is 3. The highest BCUT2D eigenvalue weighted by atomic mass is 35.5. The van der Waals surface area contributed by atoms with Crippen LogP contribution in [-0.2, 0) is 21.5 Å². The SMILES string of the molecule is COc1c(Cl)cc(C)cc1/C(O)=C1\C(=O)C(=O)N(Cc2cc(C)ccc2C)C1c1ccc(C(C)(C)C)cc1. The molecule has 0 aliphatic carbocycles. The lowest BCUT2D eigenvalue weighted by Crippen LogP contribution is -2.29. The van der Waals surface area contributed by atoms with Crippen molar-refractivity contribution in [3.63, 3.8) is 0 Å². The van der Waals surface area contributed by atoms with Gasteiger partial charge in [0.1, 0.15) is 11.5 Å². The number of aliphatic hydroxyl groups is 1. The van der Waals surface area contributed by atoms with Crippen LogP contribution >= 0.6 is 11.6 Å². The van der Waals surface area contributed by atoms with Gasteiger partial charge in [-0.2, -0.15) is 0 Å². The van der Waals surface area contributed by atoms with Crippen LogP contribution in [0.4, 0.5) is 0 Å². The summed E-state index contributed by atoms with van der Waals surface area (Å²) in [6, 6.07) is 16.6. The van der Waals surface area contributed by atoms with Gasteiger partial charge in [0.15, 0.2) is 0 Å². The quantitative estimate of drug-likeness (QED) is 0.215. The van der Waals surface area contributed by atoms with Crippen molar-refractivity contribution in [1.82, 2.24) is 4.90 Å².